The van der Waals surface area contributed by atoms with Gasteiger partial charge in [-0.2, -0.15) is 0 Å². The summed E-state index contributed by atoms with van der Waals surface area (Å²) < 4.78 is 0. The summed E-state index contributed by atoms with van der Waals surface area (Å²) in [5.41, 5.74) is 10.0. The first-order chi connectivity index (χ1) is 8.02. The van der Waals surface area contributed by atoms with Crippen LogP contribution in [0.4, 0.5) is 0 Å². The molecule has 0 aliphatic rings. The van der Waals surface area contributed by atoms with Crippen molar-refractivity contribution in [1.29, 1.82) is 0 Å². The Bertz CT molecular complexity index is 356. The molecule has 0 saturated carbocycles. The van der Waals surface area contributed by atoms with Gasteiger partial charge in [0.05, 0.1) is 11.7 Å². The molecule has 0 fully saturated rings. The van der Waals surface area contributed by atoms with Gasteiger partial charge in [0.1, 0.15) is 5.03 Å². The van der Waals surface area contributed by atoms with Gasteiger partial charge >= 0.3 is 0 Å². The highest BCUT2D eigenvalue weighted by Gasteiger charge is 2.24. The van der Waals surface area contributed by atoms with E-state index in [4.69, 9.17) is 11.5 Å². The van der Waals surface area contributed by atoms with Crippen molar-refractivity contribution in [2.24, 2.45) is 11.5 Å². The molecule has 6 heteroatoms. The molecule has 0 aliphatic heterocycles. The van der Waals surface area contributed by atoms with Crippen LogP contribution in [0, 0.1) is 0 Å². The van der Waals surface area contributed by atoms with Crippen molar-refractivity contribution in [3.8, 4) is 0 Å². The SMILES string of the molecule is CC(N)(CCCCSc1cnccn1)C(N)=O. The van der Waals surface area contributed by atoms with Gasteiger partial charge < -0.3 is 11.5 Å². The maximum Gasteiger partial charge on any atom is 0.237 e. The first-order valence-corrected chi connectivity index (χ1v) is 6.48. The van der Waals surface area contributed by atoms with E-state index >= 15 is 0 Å². The van der Waals surface area contributed by atoms with Gasteiger partial charge in [0.2, 0.25) is 5.91 Å². The largest absolute Gasteiger partial charge is 0.368 e. The Hall–Kier alpha value is -1.14. The molecule has 0 bridgehead atoms. The third kappa shape index (κ3) is 5.14. The van der Waals surface area contributed by atoms with Crippen LogP contribution in [0.1, 0.15) is 26.2 Å². The minimum absolute atomic E-state index is 0.445. The van der Waals surface area contributed by atoms with Gasteiger partial charge in [0.25, 0.3) is 0 Å². The maximum atomic E-state index is 11.0. The van der Waals surface area contributed by atoms with Crippen LogP contribution in [0.5, 0.6) is 0 Å². The Morgan fingerprint density at radius 1 is 1.47 bits per heavy atom. The molecule has 0 aromatic carbocycles. The summed E-state index contributed by atoms with van der Waals surface area (Å²) in [4.78, 5) is 19.1. The van der Waals surface area contributed by atoms with Crippen molar-refractivity contribution in [1.82, 2.24) is 9.97 Å². The topological polar surface area (TPSA) is 94.9 Å². The van der Waals surface area contributed by atoms with Crippen LogP contribution in [0.3, 0.4) is 0 Å². The zero-order valence-electron chi connectivity index (χ0n) is 9.93. The molecule has 0 saturated heterocycles. The van der Waals surface area contributed by atoms with E-state index in [9.17, 15) is 4.79 Å². The molecule has 4 N–H and O–H groups in total. The molecule has 1 rings (SSSR count). The molecule has 1 amide bonds. The summed E-state index contributed by atoms with van der Waals surface area (Å²) in [6.07, 6.45) is 7.53. The van der Waals surface area contributed by atoms with Crippen molar-refractivity contribution >= 4 is 17.7 Å². The number of nitrogens with zero attached hydrogens (tertiary/aromatic N) is 2. The van der Waals surface area contributed by atoms with E-state index in [-0.39, 0.29) is 0 Å². The number of aromatic nitrogens is 2. The van der Waals surface area contributed by atoms with E-state index in [2.05, 4.69) is 9.97 Å². The van der Waals surface area contributed by atoms with Crippen LogP contribution >= 0.6 is 11.8 Å². The summed E-state index contributed by atoms with van der Waals surface area (Å²) >= 11 is 1.65. The lowest BCUT2D eigenvalue weighted by Gasteiger charge is -2.19. The molecule has 17 heavy (non-hydrogen) atoms. The Kier molecular flexibility index (Phi) is 5.37. The fraction of sp³-hybridized carbons (Fsp3) is 0.545. The summed E-state index contributed by atoms with van der Waals surface area (Å²) in [5, 5.41) is 0.915. The second kappa shape index (κ2) is 6.56. The number of amides is 1. The van der Waals surface area contributed by atoms with Crippen LogP contribution in [0.25, 0.3) is 0 Å². The van der Waals surface area contributed by atoms with Crippen molar-refractivity contribution in [3.05, 3.63) is 18.6 Å². The summed E-state index contributed by atoms with van der Waals surface area (Å²) in [5.74, 6) is 0.493. The van der Waals surface area contributed by atoms with Crippen LogP contribution in [-0.2, 0) is 4.79 Å². The highest BCUT2D eigenvalue weighted by molar-refractivity contribution is 7.99. The van der Waals surface area contributed by atoms with Crippen molar-refractivity contribution in [3.63, 3.8) is 0 Å². The predicted octanol–water partition coefficient (Wildman–Crippen LogP) is 0.942. The second-order valence-corrected chi connectivity index (χ2v) is 5.25. The molecular weight excluding hydrogens is 236 g/mol. The van der Waals surface area contributed by atoms with E-state index < -0.39 is 11.4 Å². The van der Waals surface area contributed by atoms with Crippen LogP contribution in [0.15, 0.2) is 23.6 Å². The lowest BCUT2D eigenvalue weighted by molar-refractivity contribution is -0.122. The molecule has 0 spiro atoms. The Morgan fingerprint density at radius 2 is 2.24 bits per heavy atom. The minimum atomic E-state index is -0.892. The summed E-state index contributed by atoms with van der Waals surface area (Å²) in [7, 11) is 0. The van der Waals surface area contributed by atoms with Gasteiger partial charge in [-0.1, -0.05) is 6.42 Å². The quantitative estimate of drug-likeness (QED) is 0.558. The normalized spacial score (nSPS) is 14.2. The second-order valence-electron chi connectivity index (χ2n) is 4.13. The fourth-order valence-electron chi connectivity index (χ4n) is 1.25. The number of rotatable bonds is 7. The van der Waals surface area contributed by atoms with E-state index in [0.717, 1.165) is 23.6 Å². The molecule has 1 atom stereocenters. The summed E-state index contributed by atoms with van der Waals surface area (Å²) in [6, 6.07) is 0. The smallest absolute Gasteiger partial charge is 0.237 e. The molecule has 0 radical (unpaired) electrons. The molecule has 1 aromatic rings. The van der Waals surface area contributed by atoms with Gasteiger partial charge in [-0.15, -0.1) is 11.8 Å². The number of hydrogen-bond donors (Lipinski definition) is 2. The maximum absolute atomic E-state index is 11.0. The third-order valence-electron chi connectivity index (χ3n) is 2.44. The van der Waals surface area contributed by atoms with Gasteiger partial charge in [0, 0.05) is 12.4 Å². The third-order valence-corrected chi connectivity index (χ3v) is 3.44. The van der Waals surface area contributed by atoms with Gasteiger partial charge in [-0.3, -0.25) is 9.78 Å². The monoisotopic (exact) mass is 254 g/mol. The zero-order chi connectivity index (χ0) is 12.7. The highest BCUT2D eigenvalue weighted by atomic mass is 32.2. The predicted molar refractivity (Wildman–Crippen MR) is 68.4 cm³/mol. The Labute approximate surface area is 105 Å². The first-order valence-electron chi connectivity index (χ1n) is 5.50. The molecule has 0 aliphatic carbocycles. The van der Waals surface area contributed by atoms with Crippen molar-refractivity contribution in [2.45, 2.75) is 36.8 Å². The number of nitrogens with two attached hydrogens (primary N) is 2. The fourth-order valence-corrected chi connectivity index (χ4v) is 2.08. The average Bonchev–Trinajstić information content (AvgIpc) is 2.29. The lowest BCUT2D eigenvalue weighted by Crippen LogP contribution is -2.49. The number of unbranched alkanes of at least 4 members (excludes halogenated alkanes) is 1. The molecule has 1 heterocycles. The standard InChI is InChI=1S/C11H18N4OS/c1-11(13,10(12)16)4-2-3-7-17-9-8-14-5-6-15-9/h5-6,8H,2-4,7,13H2,1H3,(H2,12,16). The lowest BCUT2D eigenvalue weighted by atomic mass is 9.96. The molecule has 5 nitrogen and oxygen atoms in total. The number of primary amides is 1. The number of carbonyl (C=O) groups is 1. The van der Waals surface area contributed by atoms with E-state index in [1.807, 2.05) is 0 Å². The van der Waals surface area contributed by atoms with E-state index in [1.54, 1.807) is 37.3 Å². The number of hydrogen-bond acceptors (Lipinski definition) is 5. The minimum Gasteiger partial charge on any atom is -0.368 e. The van der Waals surface area contributed by atoms with Crippen molar-refractivity contribution < 1.29 is 4.79 Å². The van der Waals surface area contributed by atoms with E-state index in [1.165, 1.54) is 0 Å². The van der Waals surface area contributed by atoms with Gasteiger partial charge in [0.15, 0.2) is 0 Å². The first kappa shape index (κ1) is 13.9. The number of carbonyl (C=O) groups excluding carboxylic acids is 1. The summed E-state index contributed by atoms with van der Waals surface area (Å²) in [6.45, 7) is 1.67. The van der Waals surface area contributed by atoms with Gasteiger partial charge in [-0.05, 0) is 25.5 Å². The van der Waals surface area contributed by atoms with Crippen LogP contribution < -0.4 is 11.5 Å². The van der Waals surface area contributed by atoms with E-state index in [0.29, 0.717) is 6.42 Å². The van der Waals surface area contributed by atoms with Gasteiger partial charge in [-0.25, -0.2) is 4.98 Å². The van der Waals surface area contributed by atoms with Crippen LogP contribution in [-0.4, -0.2) is 27.2 Å². The molecular formula is C11H18N4OS. The zero-order valence-corrected chi connectivity index (χ0v) is 10.7. The Balaban J connectivity index is 2.15. The molecule has 1 aromatic heterocycles. The van der Waals surface area contributed by atoms with Crippen molar-refractivity contribution in [2.75, 3.05) is 5.75 Å². The molecule has 1 unspecified atom stereocenters. The average molecular weight is 254 g/mol. The Morgan fingerprint density at radius 3 is 2.82 bits per heavy atom. The molecule has 94 valence electrons. The highest BCUT2D eigenvalue weighted by Crippen LogP contribution is 2.17. The van der Waals surface area contributed by atoms with Crippen LogP contribution in [0.2, 0.25) is 0 Å². The number of thioether (sulfide) groups is 1.